The summed E-state index contributed by atoms with van der Waals surface area (Å²) >= 11 is 0. The van der Waals surface area contributed by atoms with Gasteiger partial charge in [0, 0.05) is 22.3 Å². The molecule has 0 saturated carbocycles. The lowest BCUT2D eigenvalue weighted by molar-refractivity contribution is -0.133. The average Bonchev–Trinajstić information content (AvgIpc) is 2.88. The summed E-state index contributed by atoms with van der Waals surface area (Å²) in [6.07, 6.45) is 0. The minimum absolute atomic E-state index is 0.0278. The quantitative estimate of drug-likeness (QED) is 0.0944. The molecule has 0 atom stereocenters. The van der Waals surface area contributed by atoms with Crippen LogP contribution in [0.2, 0.25) is 0 Å². The average molecular weight is 601 g/mol. The van der Waals surface area contributed by atoms with Crippen molar-refractivity contribution in [1.29, 1.82) is 0 Å². The van der Waals surface area contributed by atoms with E-state index >= 15 is 0 Å². The molecule has 0 aromatic carbocycles. The van der Waals surface area contributed by atoms with Crippen LogP contribution in [0.5, 0.6) is 0 Å². The van der Waals surface area contributed by atoms with Gasteiger partial charge in [-0.25, -0.2) is 19.2 Å². The summed E-state index contributed by atoms with van der Waals surface area (Å²) < 4.78 is 14.4. The summed E-state index contributed by atoms with van der Waals surface area (Å²) in [4.78, 5) is 38.4. The minimum atomic E-state index is -0.935. The van der Waals surface area contributed by atoms with E-state index in [1.807, 2.05) is 0 Å². The Morgan fingerprint density at radius 3 is 0.634 bits per heavy atom. The number of hydrogen-bond donors (Lipinski definition) is 8. The van der Waals surface area contributed by atoms with Gasteiger partial charge in [-0.2, -0.15) is 0 Å². The second-order valence-corrected chi connectivity index (χ2v) is 7.07. The van der Waals surface area contributed by atoms with E-state index in [2.05, 4.69) is 31.1 Å². The smallest absolute Gasteiger partial charge is 0.330 e. The van der Waals surface area contributed by atoms with Crippen molar-refractivity contribution in [2.75, 3.05) is 66.1 Å². The molecule has 15 nitrogen and oxygen atoms in total. The molecule has 0 saturated heterocycles. The Labute approximate surface area is 240 Å². The molecule has 0 heterocycles. The summed E-state index contributed by atoms with van der Waals surface area (Å²) in [7, 11) is 0. The molecule has 0 aliphatic heterocycles. The van der Waals surface area contributed by atoms with Crippen molar-refractivity contribution < 1.29 is 74.2 Å². The van der Waals surface area contributed by atoms with Crippen molar-refractivity contribution in [3.63, 3.8) is 0 Å². The molecule has 0 aliphatic rings. The molecule has 0 unspecified atom stereocenters. The van der Waals surface area contributed by atoms with Crippen LogP contribution in [0.25, 0.3) is 0 Å². The fourth-order valence-electron chi connectivity index (χ4n) is 0.682. The van der Waals surface area contributed by atoms with Crippen molar-refractivity contribution in [1.82, 2.24) is 0 Å². The van der Waals surface area contributed by atoms with E-state index < -0.39 is 23.9 Å². The van der Waals surface area contributed by atoms with E-state index in [1.54, 1.807) is 0 Å². The number of ether oxygens (including phenoxy) is 3. The van der Waals surface area contributed by atoms with Crippen molar-refractivity contribution >= 4 is 23.9 Å². The van der Waals surface area contributed by atoms with Crippen molar-refractivity contribution in [2.45, 2.75) is 27.7 Å². The Balaban J connectivity index is -0.0000000908. The topological polar surface area (TPSA) is 258 Å². The maximum absolute atomic E-state index is 9.60. The lowest BCUT2D eigenvalue weighted by Crippen LogP contribution is -2.09. The van der Waals surface area contributed by atoms with Crippen LogP contribution < -0.4 is 0 Å². The molecule has 0 aliphatic carbocycles. The first-order chi connectivity index (χ1) is 18.9. The number of carbonyl (C=O) groups is 4. The third-order valence-electron chi connectivity index (χ3n) is 2.77. The largest absolute Gasteiger partial charge is 0.478 e. The Bertz CT molecular complexity index is 574. The summed E-state index contributed by atoms with van der Waals surface area (Å²) in [5.74, 6) is -3.74. The number of hydrogen-bond acceptors (Lipinski definition) is 11. The van der Waals surface area contributed by atoms with Gasteiger partial charge in [-0.3, -0.25) is 0 Å². The van der Waals surface area contributed by atoms with E-state index in [9.17, 15) is 19.2 Å². The Morgan fingerprint density at radius 1 is 0.415 bits per heavy atom. The fraction of sp³-hybridized carbons (Fsp3) is 0.538. The summed E-state index contributed by atoms with van der Waals surface area (Å²) in [5.41, 5.74) is 0.704. The molecule has 0 amide bonds. The van der Waals surface area contributed by atoms with Gasteiger partial charge in [0.15, 0.2) is 0 Å². The number of aliphatic hydroxyl groups is 4. The standard InChI is InChI=1S/C6H14O4.C4H10O3.4C4H6O2/c7-1-3-9-5-6-10-4-2-8;5-1-3-7-4-2-6;4*1-3(2)4(5)6/h7-8H,1-6H2;5-6H,1-4H2;4*1H2,2H3,(H,5,6). The van der Waals surface area contributed by atoms with E-state index in [4.69, 9.17) is 50.3 Å². The van der Waals surface area contributed by atoms with E-state index in [1.165, 1.54) is 27.7 Å². The van der Waals surface area contributed by atoms with Crippen LogP contribution in [-0.2, 0) is 33.4 Å². The lowest BCUT2D eigenvalue weighted by atomic mass is 10.4. The number of aliphatic carboxylic acids is 4. The molecule has 0 aromatic heterocycles. The molecule has 0 rings (SSSR count). The van der Waals surface area contributed by atoms with E-state index in [-0.39, 0.29) is 48.7 Å². The minimum Gasteiger partial charge on any atom is -0.478 e. The van der Waals surface area contributed by atoms with Crippen molar-refractivity contribution in [3.05, 3.63) is 48.6 Å². The van der Waals surface area contributed by atoms with Gasteiger partial charge < -0.3 is 55.1 Å². The lowest BCUT2D eigenvalue weighted by Gasteiger charge is -2.01. The highest BCUT2D eigenvalue weighted by Crippen LogP contribution is 1.82. The normalized spacial score (nSPS) is 8.49. The highest BCUT2D eigenvalue weighted by Gasteiger charge is 1.92. The second-order valence-electron chi connectivity index (χ2n) is 7.07. The molecule has 0 aromatic rings. The Morgan fingerprint density at radius 2 is 0.537 bits per heavy atom. The van der Waals surface area contributed by atoms with Gasteiger partial charge in [0.2, 0.25) is 0 Å². The molecule has 8 N–H and O–H groups in total. The zero-order valence-corrected chi connectivity index (χ0v) is 24.3. The number of aliphatic hydroxyl groups excluding tert-OH is 4. The zero-order chi connectivity index (χ0) is 33.8. The first-order valence-corrected chi connectivity index (χ1v) is 11.6. The fourth-order valence-corrected chi connectivity index (χ4v) is 0.682. The maximum atomic E-state index is 9.60. The van der Waals surface area contributed by atoms with Gasteiger partial charge in [0.05, 0.1) is 66.1 Å². The molecule has 15 heteroatoms. The molecule has 41 heavy (non-hydrogen) atoms. The van der Waals surface area contributed by atoms with Crippen LogP contribution in [0.15, 0.2) is 48.6 Å². The Kier molecular flexibility index (Phi) is 50.5. The van der Waals surface area contributed by atoms with Gasteiger partial charge >= 0.3 is 23.9 Å². The molecule has 0 radical (unpaired) electrons. The predicted molar refractivity (Wildman–Crippen MR) is 151 cm³/mol. The van der Waals surface area contributed by atoms with Crippen LogP contribution >= 0.6 is 0 Å². The summed E-state index contributed by atoms with van der Waals surface area (Å²) in [6.45, 7) is 20.8. The number of carboxylic acids is 4. The van der Waals surface area contributed by atoms with E-state index in [0.29, 0.717) is 39.6 Å². The third kappa shape index (κ3) is 78.7. The highest BCUT2D eigenvalue weighted by atomic mass is 16.5. The van der Waals surface area contributed by atoms with Crippen LogP contribution in [0, 0.1) is 0 Å². The van der Waals surface area contributed by atoms with Crippen LogP contribution in [0.4, 0.5) is 0 Å². The molecular weight excluding hydrogens is 552 g/mol. The van der Waals surface area contributed by atoms with Crippen LogP contribution in [0.3, 0.4) is 0 Å². The zero-order valence-electron chi connectivity index (χ0n) is 24.3. The van der Waals surface area contributed by atoms with Gasteiger partial charge in [-0.05, 0) is 27.7 Å². The Hall–Kier alpha value is -3.44. The molecule has 0 bridgehead atoms. The monoisotopic (exact) mass is 600 g/mol. The van der Waals surface area contributed by atoms with Crippen LogP contribution in [0.1, 0.15) is 27.7 Å². The molecule has 0 fully saturated rings. The van der Waals surface area contributed by atoms with Gasteiger partial charge in [-0.1, -0.05) is 26.3 Å². The predicted octanol–water partition coefficient (Wildman–Crippen LogP) is 0.580. The van der Waals surface area contributed by atoms with Gasteiger partial charge in [-0.15, -0.1) is 0 Å². The van der Waals surface area contributed by atoms with E-state index in [0.717, 1.165) is 0 Å². The highest BCUT2D eigenvalue weighted by molar-refractivity contribution is 5.85. The SMILES string of the molecule is C=C(C)C(=O)O.C=C(C)C(=O)O.C=C(C)C(=O)O.C=C(C)C(=O)O.OCCOCCO.OCCOCCOCCO. The van der Waals surface area contributed by atoms with Gasteiger partial charge in [0.1, 0.15) is 0 Å². The van der Waals surface area contributed by atoms with Crippen molar-refractivity contribution in [3.8, 4) is 0 Å². The number of rotatable bonds is 15. The molecule has 242 valence electrons. The van der Waals surface area contributed by atoms with Gasteiger partial charge in [0.25, 0.3) is 0 Å². The molecule has 0 spiro atoms. The second kappa shape index (κ2) is 41.0. The van der Waals surface area contributed by atoms with Crippen LogP contribution in [-0.4, -0.2) is 131 Å². The first kappa shape index (κ1) is 50.4. The maximum Gasteiger partial charge on any atom is 0.330 e. The van der Waals surface area contributed by atoms with Crippen molar-refractivity contribution in [2.24, 2.45) is 0 Å². The summed E-state index contributed by atoms with van der Waals surface area (Å²) in [5, 5.41) is 64.3. The first-order valence-electron chi connectivity index (χ1n) is 11.6. The number of carboxylic acid groups (broad SMARTS) is 4. The third-order valence-corrected chi connectivity index (χ3v) is 2.77. The summed E-state index contributed by atoms with van der Waals surface area (Å²) in [6, 6.07) is 0. The molecular formula is C26H48O15.